The molecule has 2 aliphatic heterocycles. The number of aromatic hydroxyl groups is 1. The zero-order valence-electron chi connectivity index (χ0n) is 19.5. The number of nitrogens with zero attached hydrogens (tertiary/aromatic N) is 1. The van der Waals surface area contributed by atoms with Crippen LogP contribution in [0, 0.1) is 5.92 Å². The Hall–Kier alpha value is -2.04. The fourth-order valence-electron chi connectivity index (χ4n) is 7.91. The second-order valence-corrected chi connectivity index (χ2v) is 11.2. The minimum Gasteiger partial charge on any atom is -0.504 e. The molecule has 2 saturated carbocycles. The number of hydrogen-bond acceptors (Lipinski definition) is 4. The number of ether oxygens (including phenoxy) is 2. The van der Waals surface area contributed by atoms with E-state index in [0.717, 1.165) is 69.8 Å². The first-order chi connectivity index (χ1) is 16.2. The van der Waals surface area contributed by atoms with E-state index in [1.807, 2.05) is 6.07 Å². The number of aryl methyl sites for hydroxylation is 1. The molecule has 3 fully saturated rings. The molecule has 1 unspecified atom stereocenters. The van der Waals surface area contributed by atoms with Gasteiger partial charge in [0.1, 0.15) is 6.10 Å². The lowest BCUT2D eigenvalue weighted by Crippen LogP contribution is -2.76. The summed E-state index contributed by atoms with van der Waals surface area (Å²) in [5.41, 5.74) is 3.77. The summed E-state index contributed by atoms with van der Waals surface area (Å²) in [6.45, 7) is 3.15. The smallest absolute Gasteiger partial charge is 0.165 e. The quantitative estimate of drug-likeness (QED) is 0.609. The average Bonchev–Trinajstić information content (AvgIpc) is 3.58. The van der Waals surface area contributed by atoms with Crippen molar-refractivity contribution in [2.24, 2.45) is 5.92 Å². The molecule has 2 aromatic rings. The third-order valence-electron chi connectivity index (χ3n) is 9.44. The molecular weight excluding hydrogens is 410 g/mol. The first-order valence-electron chi connectivity index (χ1n) is 13.2. The maximum atomic E-state index is 10.7. The average molecular weight is 446 g/mol. The van der Waals surface area contributed by atoms with Gasteiger partial charge in [0.25, 0.3) is 0 Å². The number of phenolic OH excluding ortho intramolecular Hbond substituents is 1. The van der Waals surface area contributed by atoms with Crippen molar-refractivity contribution >= 4 is 0 Å². The van der Waals surface area contributed by atoms with Gasteiger partial charge in [0.2, 0.25) is 0 Å². The number of hydrogen-bond donors (Lipinski definition) is 1. The molecule has 1 saturated heterocycles. The molecule has 0 aromatic heterocycles. The summed E-state index contributed by atoms with van der Waals surface area (Å²) in [5, 5.41) is 10.7. The number of benzene rings is 2. The van der Waals surface area contributed by atoms with Crippen LogP contribution in [-0.2, 0) is 23.0 Å². The zero-order valence-corrected chi connectivity index (χ0v) is 19.5. The van der Waals surface area contributed by atoms with Crippen molar-refractivity contribution in [1.29, 1.82) is 0 Å². The van der Waals surface area contributed by atoms with E-state index < -0.39 is 0 Å². The Balaban J connectivity index is 1.26. The van der Waals surface area contributed by atoms with E-state index in [4.69, 9.17) is 9.47 Å². The number of rotatable bonds is 7. The van der Waals surface area contributed by atoms with Gasteiger partial charge in [-0.25, -0.2) is 0 Å². The molecule has 5 aliphatic rings. The van der Waals surface area contributed by atoms with Crippen molar-refractivity contribution in [3.8, 4) is 11.5 Å². The molecule has 4 nitrogen and oxygen atoms in total. The Labute approximate surface area is 196 Å². The van der Waals surface area contributed by atoms with Crippen LogP contribution in [0.15, 0.2) is 42.5 Å². The highest BCUT2D eigenvalue weighted by Crippen LogP contribution is 2.66. The molecule has 0 amide bonds. The third kappa shape index (κ3) is 2.89. The molecule has 0 radical (unpaired) electrons. The maximum absolute atomic E-state index is 10.7. The van der Waals surface area contributed by atoms with Gasteiger partial charge in [-0.2, -0.15) is 0 Å². The Bertz CT molecular complexity index is 1050. The van der Waals surface area contributed by atoms with Crippen LogP contribution in [0.1, 0.15) is 61.6 Å². The van der Waals surface area contributed by atoms with E-state index in [9.17, 15) is 5.11 Å². The van der Waals surface area contributed by atoms with E-state index in [1.165, 1.54) is 36.1 Å². The molecule has 1 N–H and O–H groups in total. The molecule has 2 aromatic carbocycles. The van der Waals surface area contributed by atoms with Crippen LogP contribution in [0.2, 0.25) is 0 Å². The second-order valence-electron chi connectivity index (χ2n) is 11.2. The normalized spacial score (nSPS) is 34.1. The van der Waals surface area contributed by atoms with Gasteiger partial charge in [-0.3, -0.25) is 4.90 Å². The minimum absolute atomic E-state index is 0.107. The molecule has 1 spiro atoms. The molecule has 2 heterocycles. The molecule has 4 atom stereocenters. The molecule has 2 bridgehead atoms. The largest absolute Gasteiger partial charge is 0.504 e. The van der Waals surface area contributed by atoms with Crippen LogP contribution in [0.3, 0.4) is 0 Å². The second kappa shape index (κ2) is 7.48. The van der Waals surface area contributed by atoms with Gasteiger partial charge in [0, 0.05) is 24.8 Å². The predicted octanol–water partition coefficient (Wildman–Crippen LogP) is 5.00. The lowest BCUT2D eigenvalue weighted by Gasteiger charge is -2.65. The van der Waals surface area contributed by atoms with Gasteiger partial charge in [-0.1, -0.05) is 36.4 Å². The van der Waals surface area contributed by atoms with E-state index in [-0.39, 0.29) is 17.1 Å². The Morgan fingerprint density at radius 2 is 1.94 bits per heavy atom. The minimum atomic E-state index is -0.203. The van der Waals surface area contributed by atoms with Crippen LogP contribution in [-0.4, -0.2) is 47.4 Å². The molecule has 33 heavy (non-hydrogen) atoms. The highest BCUT2D eigenvalue weighted by molar-refractivity contribution is 5.62. The predicted molar refractivity (Wildman–Crippen MR) is 128 cm³/mol. The van der Waals surface area contributed by atoms with Crippen LogP contribution < -0.4 is 4.74 Å². The van der Waals surface area contributed by atoms with Crippen LogP contribution >= 0.6 is 0 Å². The van der Waals surface area contributed by atoms with Crippen molar-refractivity contribution in [2.45, 2.75) is 80.9 Å². The van der Waals surface area contributed by atoms with Gasteiger partial charge < -0.3 is 14.6 Å². The Morgan fingerprint density at radius 1 is 1.06 bits per heavy atom. The summed E-state index contributed by atoms with van der Waals surface area (Å²) >= 11 is 0. The van der Waals surface area contributed by atoms with Crippen molar-refractivity contribution < 1.29 is 14.6 Å². The highest BCUT2D eigenvalue weighted by atomic mass is 16.5. The van der Waals surface area contributed by atoms with Gasteiger partial charge in [-0.15, -0.1) is 0 Å². The van der Waals surface area contributed by atoms with Crippen LogP contribution in [0.4, 0.5) is 0 Å². The fourth-order valence-corrected chi connectivity index (χ4v) is 7.91. The van der Waals surface area contributed by atoms with Gasteiger partial charge >= 0.3 is 0 Å². The molecule has 7 rings (SSSR count). The zero-order chi connectivity index (χ0) is 22.0. The Kier molecular flexibility index (Phi) is 4.61. The summed E-state index contributed by atoms with van der Waals surface area (Å²) in [6, 6.07) is 15.2. The van der Waals surface area contributed by atoms with Crippen LogP contribution in [0.5, 0.6) is 11.5 Å². The first kappa shape index (κ1) is 20.3. The van der Waals surface area contributed by atoms with Gasteiger partial charge in [0.15, 0.2) is 11.5 Å². The summed E-state index contributed by atoms with van der Waals surface area (Å²) < 4.78 is 13.8. The Morgan fingerprint density at radius 3 is 2.79 bits per heavy atom. The van der Waals surface area contributed by atoms with Crippen LogP contribution in [0.25, 0.3) is 0 Å². The number of piperidine rings is 1. The van der Waals surface area contributed by atoms with Crippen molar-refractivity contribution in [1.82, 2.24) is 4.90 Å². The lowest BCUT2D eigenvalue weighted by atomic mass is 9.49. The SMILES string of the molecule is Oc1ccc2c3c1OC1CCC[C@@]4(OCCCc5ccccc5)[C@@H](C2)N(CC2CC2)CC[C@]314. The monoisotopic (exact) mass is 445 g/mol. The molecular formula is C29H35NO3. The number of phenols is 1. The summed E-state index contributed by atoms with van der Waals surface area (Å²) in [5.74, 6) is 1.96. The summed E-state index contributed by atoms with van der Waals surface area (Å²) in [6.07, 6.45) is 10.4. The molecule has 174 valence electrons. The molecule has 3 aliphatic carbocycles. The fraction of sp³-hybridized carbons (Fsp3) is 0.586. The van der Waals surface area contributed by atoms with Gasteiger partial charge in [-0.05, 0) is 87.4 Å². The van der Waals surface area contributed by atoms with E-state index in [2.05, 4.69) is 41.3 Å². The summed E-state index contributed by atoms with van der Waals surface area (Å²) in [7, 11) is 0. The highest BCUT2D eigenvalue weighted by Gasteiger charge is 2.72. The van der Waals surface area contributed by atoms with Crippen molar-refractivity contribution in [3.05, 3.63) is 59.2 Å². The van der Waals surface area contributed by atoms with E-state index in [0.29, 0.717) is 11.8 Å². The van der Waals surface area contributed by atoms with Crippen molar-refractivity contribution in [2.75, 3.05) is 19.7 Å². The third-order valence-corrected chi connectivity index (χ3v) is 9.44. The first-order valence-corrected chi connectivity index (χ1v) is 13.2. The molecule has 4 heteroatoms. The van der Waals surface area contributed by atoms with Gasteiger partial charge in [0.05, 0.1) is 11.0 Å². The number of likely N-dealkylation sites (tertiary alicyclic amines) is 1. The summed E-state index contributed by atoms with van der Waals surface area (Å²) in [4.78, 5) is 2.79. The van der Waals surface area contributed by atoms with Crippen molar-refractivity contribution in [3.63, 3.8) is 0 Å². The van der Waals surface area contributed by atoms with E-state index >= 15 is 0 Å². The lowest BCUT2D eigenvalue weighted by molar-refractivity contribution is -0.216. The maximum Gasteiger partial charge on any atom is 0.165 e. The van der Waals surface area contributed by atoms with E-state index in [1.54, 1.807) is 0 Å². The topological polar surface area (TPSA) is 41.9 Å². The standard InChI is InChI=1S/C29H35NO3/c31-23-13-12-22-18-24-29(32-17-5-8-20-6-2-1-3-7-20)14-4-9-25-28(29,26(22)27(23)33-25)15-16-30(24)19-21-10-11-21/h1-3,6-7,12-13,21,24-25,31H,4-5,8-11,14-19H2/t24-,25?,28-,29-/m1/s1.